The largest absolute Gasteiger partial charge is 0.481 e. The van der Waals surface area contributed by atoms with Gasteiger partial charge in [-0.05, 0) is 74.0 Å². The van der Waals surface area contributed by atoms with E-state index in [1.807, 2.05) is 6.92 Å². The van der Waals surface area contributed by atoms with Gasteiger partial charge >= 0.3 is 5.97 Å². The summed E-state index contributed by atoms with van der Waals surface area (Å²) >= 11 is 0. The Morgan fingerprint density at radius 1 is 1.09 bits per heavy atom. The molecule has 0 aromatic carbocycles. The first-order valence-corrected chi connectivity index (χ1v) is 9.13. The summed E-state index contributed by atoms with van der Waals surface area (Å²) in [6, 6.07) is 0. The zero-order valence-corrected chi connectivity index (χ0v) is 14.4. The number of carboxylic acids is 1. The van der Waals surface area contributed by atoms with Gasteiger partial charge in [-0.2, -0.15) is 0 Å². The molecular weight excluding hydrogens is 276 g/mol. The molecule has 0 saturated heterocycles. The third-order valence-corrected chi connectivity index (χ3v) is 7.95. The number of carbonyl (C=O) groups is 1. The molecule has 3 heteroatoms. The summed E-state index contributed by atoms with van der Waals surface area (Å²) in [4.78, 5) is 12.0. The van der Waals surface area contributed by atoms with E-state index in [0.717, 1.165) is 38.5 Å². The monoisotopic (exact) mass is 308 g/mol. The Bertz CT molecular complexity index is 462. The number of aliphatic hydroxyl groups is 1. The van der Waals surface area contributed by atoms with Crippen LogP contribution in [-0.4, -0.2) is 22.8 Å². The number of hydrogen-bond donors (Lipinski definition) is 2. The summed E-state index contributed by atoms with van der Waals surface area (Å²) in [5.41, 5.74) is -0.427. The minimum absolute atomic E-state index is 0.0552. The van der Waals surface area contributed by atoms with Crippen molar-refractivity contribution in [2.24, 2.45) is 34.0 Å². The second kappa shape index (κ2) is 5.22. The van der Waals surface area contributed by atoms with Crippen LogP contribution in [0.3, 0.4) is 0 Å². The Hall–Kier alpha value is -0.570. The van der Waals surface area contributed by atoms with Crippen LogP contribution in [0.5, 0.6) is 0 Å². The maximum atomic E-state index is 12.0. The van der Waals surface area contributed by atoms with Crippen LogP contribution in [0.4, 0.5) is 0 Å². The average molecular weight is 308 g/mol. The lowest BCUT2D eigenvalue weighted by atomic mass is 9.40. The molecule has 0 amide bonds. The molecule has 3 fully saturated rings. The smallest absolute Gasteiger partial charge is 0.309 e. The minimum atomic E-state index is -0.607. The summed E-state index contributed by atoms with van der Waals surface area (Å²) in [7, 11) is 0. The lowest BCUT2D eigenvalue weighted by Crippen LogP contribution is -2.60. The molecule has 3 saturated carbocycles. The lowest BCUT2D eigenvalue weighted by molar-refractivity contribution is -0.191. The zero-order valence-electron chi connectivity index (χ0n) is 14.4. The second-order valence-corrected chi connectivity index (χ2v) is 9.13. The van der Waals surface area contributed by atoms with Crippen LogP contribution in [0, 0.1) is 34.0 Å². The van der Waals surface area contributed by atoms with Crippen molar-refractivity contribution >= 4 is 5.97 Å². The van der Waals surface area contributed by atoms with E-state index in [1.165, 1.54) is 12.8 Å². The zero-order chi connectivity index (χ0) is 16.2. The predicted molar refractivity (Wildman–Crippen MR) is 86.4 cm³/mol. The molecule has 3 nitrogen and oxygen atoms in total. The van der Waals surface area contributed by atoms with Crippen molar-refractivity contribution in [3.05, 3.63) is 0 Å². The Kier molecular flexibility index (Phi) is 3.87. The fraction of sp³-hybridized carbons (Fsp3) is 0.947. The molecule has 0 aromatic rings. The predicted octanol–water partition coefficient (Wildman–Crippen LogP) is 4.09. The number of fused-ring (bicyclic) bond motifs is 3. The van der Waals surface area contributed by atoms with Crippen molar-refractivity contribution in [3.63, 3.8) is 0 Å². The fourth-order valence-corrected chi connectivity index (χ4v) is 6.92. The van der Waals surface area contributed by atoms with E-state index in [-0.39, 0.29) is 23.4 Å². The molecule has 0 spiro atoms. The molecule has 0 aliphatic heterocycles. The Morgan fingerprint density at radius 2 is 1.82 bits per heavy atom. The van der Waals surface area contributed by atoms with E-state index in [9.17, 15) is 15.0 Å². The third-order valence-electron chi connectivity index (χ3n) is 7.95. The van der Waals surface area contributed by atoms with Crippen molar-refractivity contribution in [1.82, 2.24) is 0 Å². The van der Waals surface area contributed by atoms with Gasteiger partial charge in [0.2, 0.25) is 0 Å². The van der Waals surface area contributed by atoms with Crippen LogP contribution in [0.1, 0.15) is 72.1 Å². The van der Waals surface area contributed by atoms with E-state index >= 15 is 0 Å². The highest BCUT2D eigenvalue weighted by molar-refractivity contribution is 5.75. The van der Waals surface area contributed by atoms with Gasteiger partial charge in [0.15, 0.2) is 0 Å². The Labute approximate surface area is 134 Å². The highest BCUT2D eigenvalue weighted by Crippen LogP contribution is 2.67. The van der Waals surface area contributed by atoms with E-state index in [2.05, 4.69) is 13.8 Å². The Morgan fingerprint density at radius 3 is 2.45 bits per heavy atom. The fourth-order valence-electron chi connectivity index (χ4n) is 6.92. The molecule has 0 bridgehead atoms. The highest BCUT2D eigenvalue weighted by Gasteiger charge is 2.63. The molecule has 22 heavy (non-hydrogen) atoms. The number of rotatable bonds is 2. The summed E-state index contributed by atoms with van der Waals surface area (Å²) in [6.07, 6.45) is 8.50. The topological polar surface area (TPSA) is 57.5 Å². The molecule has 3 rings (SSSR count). The van der Waals surface area contributed by atoms with E-state index < -0.39 is 11.4 Å². The van der Waals surface area contributed by atoms with Crippen LogP contribution in [-0.2, 0) is 4.79 Å². The quantitative estimate of drug-likeness (QED) is 0.807. The molecular formula is C19H32O3. The van der Waals surface area contributed by atoms with E-state index in [1.54, 1.807) is 0 Å². The van der Waals surface area contributed by atoms with E-state index in [4.69, 9.17) is 0 Å². The summed E-state index contributed by atoms with van der Waals surface area (Å²) < 4.78 is 0. The van der Waals surface area contributed by atoms with Gasteiger partial charge in [-0.25, -0.2) is 0 Å². The van der Waals surface area contributed by atoms with Crippen molar-refractivity contribution < 1.29 is 15.0 Å². The summed E-state index contributed by atoms with van der Waals surface area (Å²) in [6.45, 7) is 6.93. The molecule has 126 valence electrons. The minimum Gasteiger partial charge on any atom is -0.481 e. The standard InChI is InChI=1S/C19H32O3/c1-13-5-6-15-17(2)8-4-9-18(3,16(21)22)14(17)7-10-19(15,11-13)12-20/h13-15,20H,4-12H2,1-3H3,(H,21,22)/t13-,14+,15+,17?,18?,19?/m1/s1. The van der Waals surface area contributed by atoms with Crippen LogP contribution >= 0.6 is 0 Å². The van der Waals surface area contributed by atoms with Gasteiger partial charge in [-0.1, -0.05) is 26.7 Å². The van der Waals surface area contributed by atoms with Gasteiger partial charge in [-0.15, -0.1) is 0 Å². The van der Waals surface area contributed by atoms with E-state index in [0.29, 0.717) is 11.8 Å². The molecule has 0 radical (unpaired) electrons. The first kappa shape index (κ1) is 16.3. The first-order chi connectivity index (χ1) is 10.3. The normalized spacial score (nSPS) is 51.7. The summed E-state index contributed by atoms with van der Waals surface area (Å²) in [5, 5.41) is 20.1. The maximum Gasteiger partial charge on any atom is 0.309 e. The summed E-state index contributed by atoms with van der Waals surface area (Å²) in [5.74, 6) is 0.852. The molecule has 3 aliphatic carbocycles. The van der Waals surface area contributed by atoms with Crippen LogP contribution in [0.25, 0.3) is 0 Å². The first-order valence-electron chi connectivity index (χ1n) is 9.13. The molecule has 6 atom stereocenters. The lowest BCUT2D eigenvalue weighted by Gasteiger charge is -2.64. The SMILES string of the molecule is C[C@@H]1CC[C@@H]2C(CO)(CC[C@@H]3C(C)(C(=O)O)CCCC23C)C1. The molecule has 3 unspecified atom stereocenters. The molecule has 2 N–H and O–H groups in total. The third kappa shape index (κ3) is 2.07. The van der Waals surface area contributed by atoms with Crippen molar-refractivity contribution in [2.45, 2.75) is 72.1 Å². The Balaban J connectivity index is 2.00. The van der Waals surface area contributed by atoms with Gasteiger partial charge in [0, 0.05) is 6.61 Å². The van der Waals surface area contributed by atoms with Crippen LogP contribution < -0.4 is 0 Å². The number of aliphatic carboxylic acids is 1. The number of carboxylic acid groups (broad SMARTS) is 1. The maximum absolute atomic E-state index is 12.0. The van der Waals surface area contributed by atoms with Crippen molar-refractivity contribution in [3.8, 4) is 0 Å². The van der Waals surface area contributed by atoms with Crippen molar-refractivity contribution in [1.29, 1.82) is 0 Å². The molecule has 0 aromatic heterocycles. The van der Waals surface area contributed by atoms with Gasteiger partial charge in [-0.3, -0.25) is 4.79 Å². The van der Waals surface area contributed by atoms with Crippen molar-refractivity contribution in [2.75, 3.05) is 6.61 Å². The number of aliphatic hydroxyl groups excluding tert-OH is 1. The average Bonchev–Trinajstić information content (AvgIpc) is 2.46. The highest BCUT2D eigenvalue weighted by atomic mass is 16.4. The van der Waals surface area contributed by atoms with Gasteiger partial charge in [0.1, 0.15) is 0 Å². The number of hydrogen-bond acceptors (Lipinski definition) is 2. The second-order valence-electron chi connectivity index (χ2n) is 9.13. The molecule has 0 heterocycles. The van der Waals surface area contributed by atoms with Gasteiger partial charge < -0.3 is 10.2 Å². The molecule has 3 aliphatic rings. The van der Waals surface area contributed by atoms with Gasteiger partial charge in [0.25, 0.3) is 0 Å². The van der Waals surface area contributed by atoms with Crippen LogP contribution in [0.2, 0.25) is 0 Å². The van der Waals surface area contributed by atoms with Crippen LogP contribution in [0.15, 0.2) is 0 Å². The van der Waals surface area contributed by atoms with Gasteiger partial charge in [0.05, 0.1) is 5.41 Å².